The second-order valence-electron chi connectivity index (χ2n) is 3.05. The third-order valence-electron chi connectivity index (χ3n) is 1.53. The first-order chi connectivity index (χ1) is 7.25. The number of anilines is 1. The lowest BCUT2D eigenvalue weighted by molar-refractivity contribution is 1.26. The highest BCUT2D eigenvalue weighted by atomic mass is 32.1. The molecule has 0 radical (unpaired) electrons. The van der Waals surface area contributed by atoms with Gasteiger partial charge >= 0.3 is 0 Å². The maximum Gasteiger partial charge on any atom is 0.203 e. The van der Waals surface area contributed by atoms with Crippen molar-refractivity contribution >= 4 is 33.5 Å². The molecule has 0 aliphatic carbocycles. The van der Waals surface area contributed by atoms with Crippen LogP contribution < -0.4 is 5.43 Å². The molecule has 0 unspecified atom stereocenters. The number of thiazole rings is 2. The monoisotopic (exact) mass is 238 g/mol. The largest absolute Gasteiger partial charge is 0.253 e. The molecule has 0 fully saturated rings. The molecular weight excluding hydrogens is 228 g/mol. The van der Waals surface area contributed by atoms with E-state index in [-0.39, 0.29) is 0 Å². The number of hydrogen-bond donors (Lipinski definition) is 1. The Bertz CT molecular complexity index is 454. The summed E-state index contributed by atoms with van der Waals surface area (Å²) < 4.78 is 0. The van der Waals surface area contributed by atoms with Gasteiger partial charge in [0, 0.05) is 22.7 Å². The molecule has 6 heteroatoms. The van der Waals surface area contributed by atoms with E-state index in [1.54, 1.807) is 17.5 Å². The minimum Gasteiger partial charge on any atom is -0.253 e. The Labute approximate surface area is 95.7 Å². The Hall–Kier alpha value is -1.27. The van der Waals surface area contributed by atoms with Crippen molar-refractivity contribution in [3.63, 3.8) is 0 Å². The van der Waals surface area contributed by atoms with E-state index in [0.29, 0.717) is 0 Å². The first kappa shape index (κ1) is 10.3. The zero-order chi connectivity index (χ0) is 10.7. The van der Waals surface area contributed by atoms with Crippen LogP contribution in [0, 0.1) is 0 Å². The van der Waals surface area contributed by atoms with Crippen LogP contribution in [-0.4, -0.2) is 15.7 Å². The van der Waals surface area contributed by atoms with Crippen molar-refractivity contribution in [2.24, 2.45) is 5.10 Å². The van der Waals surface area contributed by atoms with Crippen LogP contribution in [0.3, 0.4) is 0 Å². The Balaban J connectivity index is 2.14. The number of nitrogens with one attached hydrogen (secondary N) is 1. The van der Waals surface area contributed by atoms with Crippen LogP contribution >= 0.6 is 22.7 Å². The highest BCUT2D eigenvalue weighted by Gasteiger charge is 2.05. The fourth-order valence-electron chi connectivity index (χ4n) is 0.933. The van der Waals surface area contributed by atoms with Gasteiger partial charge in [0.15, 0.2) is 0 Å². The van der Waals surface area contributed by atoms with Gasteiger partial charge in [-0.2, -0.15) is 5.10 Å². The van der Waals surface area contributed by atoms with Crippen molar-refractivity contribution in [1.82, 2.24) is 9.97 Å². The standard InChI is InChI=1S/C9H10N4S2/c1-6(2)12-13-9-11-7(5-15-9)8-10-3-4-14-8/h3-5H,1-2H3,(H,11,13). The zero-order valence-electron chi connectivity index (χ0n) is 8.39. The quantitative estimate of drug-likeness (QED) is 0.660. The van der Waals surface area contributed by atoms with Crippen molar-refractivity contribution in [2.75, 3.05) is 5.43 Å². The molecule has 78 valence electrons. The molecule has 0 aromatic carbocycles. The van der Waals surface area contributed by atoms with E-state index in [1.165, 1.54) is 11.3 Å². The van der Waals surface area contributed by atoms with E-state index in [0.717, 1.165) is 21.5 Å². The van der Waals surface area contributed by atoms with E-state index in [4.69, 9.17) is 0 Å². The smallest absolute Gasteiger partial charge is 0.203 e. The van der Waals surface area contributed by atoms with Gasteiger partial charge in [0.1, 0.15) is 10.7 Å². The summed E-state index contributed by atoms with van der Waals surface area (Å²) in [6.07, 6.45) is 1.78. The SMILES string of the molecule is CC(C)=NNc1nc(-c2nccs2)cs1. The molecule has 0 saturated heterocycles. The van der Waals surface area contributed by atoms with Gasteiger partial charge in [0.2, 0.25) is 5.13 Å². The lowest BCUT2D eigenvalue weighted by atomic mass is 10.5. The second kappa shape index (κ2) is 4.50. The lowest BCUT2D eigenvalue weighted by Gasteiger charge is -1.93. The Morgan fingerprint density at radius 3 is 2.93 bits per heavy atom. The predicted octanol–water partition coefficient (Wildman–Crippen LogP) is 3.07. The number of rotatable bonds is 3. The van der Waals surface area contributed by atoms with Crippen molar-refractivity contribution in [3.05, 3.63) is 17.0 Å². The molecule has 2 aromatic heterocycles. The van der Waals surface area contributed by atoms with Gasteiger partial charge in [-0.25, -0.2) is 9.97 Å². The number of hydrogen-bond acceptors (Lipinski definition) is 6. The minimum absolute atomic E-state index is 0.793. The van der Waals surface area contributed by atoms with Crippen LogP contribution in [-0.2, 0) is 0 Å². The molecular formula is C9H10N4S2. The van der Waals surface area contributed by atoms with Gasteiger partial charge in [0.25, 0.3) is 0 Å². The summed E-state index contributed by atoms with van der Waals surface area (Å²) in [5.74, 6) is 0. The van der Waals surface area contributed by atoms with E-state index >= 15 is 0 Å². The second-order valence-corrected chi connectivity index (χ2v) is 4.80. The summed E-state index contributed by atoms with van der Waals surface area (Å²) in [6.45, 7) is 3.87. The van der Waals surface area contributed by atoms with Crippen molar-refractivity contribution < 1.29 is 0 Å². The average Bonchev–Trinajstić information content (AvgIpc) is 2.85. The van der Waals surface area contributed by atoms with Gasteiger partial charge in [-0.1, -0.05) is 0 Å². The zero-order valence-corrected chi connectivity index (χ0v) is 10.0. The van der Waals surface area contributed by atoms with Gasteiger partial charge in [-0.15, -0.1) is 22.7 Å². The van der Waals surface area contributed by atoms with Crippen molar-refractivity contribution in [1.29, 1.82) is 0 Å². The molecule has 0 aliphatic rings. The minimum atomic E-state index is 0.793. The molecule has 15 heavy (non-hydrogen) atoms. The van der Waals surface area contributed by atoms with E-state index in [1.807, 2.05) is 24.6 Å². The Morgan fingerprint density at radius 1 is 1.40 bits per heavy atom. The van der Waals surface area contributed by atoms with E-state index < -0.39 is 0 Å². The molecule has 0 amide bonds. The summed E-state index contributed by atoms with van der Waals surface area (Å²) in [7, 11) is 0. The maximum atomic E-state index is 4.37. The topological polar surface area (TPSA) is 50.2 Å². The normalized spacial score (nSPS) is 10.0. The molecule has 2 heterocycles. The summed E-state index contributed by atoms with van der Waals surface area (Å²) in [5, 5.41) is 9.74. The summed E-state index contributed by atoms with van der Waals surface area (Å²) in [5.41, 5.74) is 4.78. The van der Waals surface area contributed by atoms with Crippen molar-refractivity contribution in [2.45, 2.75) is 13.8 Å². The summed E-state index contributed by atoms with van der Waals surface area (Å²) >= 11 is 3.11. The van der Waals surface area contributed by atoms with E-state index in [9.17, 15) is 0 Å². The fourth-order valence-corrected chi connectivity index (χ4v) is 2.24. The van der Waals surface area contributed by atoms with Crippen LogP contribution in [0.4, 0.5) is 5.13 Å². The van der Waals surface area contributed by atoms with Gasteiger partial charge in [-0.3, -0.25) is 5.43 Å². The summed E-state index contributed by atoms with van der Waals surface area (Å²) in [6, 6.07) is 0. The third kappa shape index (κ3) is 2.60. The molecule has 0 spiro atoms. The van der Waals surface area contributed by atoms with Crippen LogP contribution in [0.5, 0.6) is 0 Å². The number of nitrogens with zero attached hydrogens (tertiary/aromatic N) is 3. The highest BCUT2D eigenvalue weighted by molar-refractivity contribution is 7.15. The van der Waals surface area contributed by atoms with Crippen LogP contribution in [0.2, 0.25) is 0 Å². The van der Waals surface area contributed by atoms with Gasteiger partial charge < -0.3 is 0 Å². The van der Waals surface area contributed by atoms with Crippen LogP contribution in [0.25, 0.3) is 10.7 Å². The lowest BCUT2D eigenvalue weighted by Crippen LogP contribution is -1.91. The van der Waals surface area contributed by atoms with Crippen molar-refractivity contribution in [3.8, 4) is 10.7 Å². The van der Waals surface area contributed by atoms with Crippen LogP contribution in [0.1, 0.15) is 13.8 Å². The predicted molar refractivity (Wildman–Crippen MR) is 65.6 cm³/mol. The number of hydrazone groups is 1. The average molecular weight is 238 g/mol. The first-order valence-corrected chi connectivity index (χ1v) is 6.14. The molecule has 0 atom stereocenters. The van der Waals surface area contributed by atoms with Gasteiger partial charge in [0.05, 0.1) is 0 Å². The molecule has 2 aromatic rings. The molecule has 1 N–H and O–H groups in total. The van der Waals surface area contributed by atoms with Crippen LogP contribution in [0.15, 0.2) is 22.1 Å². The Kier molecular flexibility index (Phi) is 3.08. The molecule has 4 nitrogen and oxygen atoms in total. The third-order valence-corrected chi connectivity index (χ3v) is 3.07. The number of aromatic nitrogens is 2. The summed E-state index contributed by atoms with van der Waals surface area (Å²) in [4.78, 5) is 8.57. The molecule has 0 aliphatic heterocycles. The highest BCUT2D eigenvalue weighted by Crippen LogP contribution is 2.26. The first-order valence-electron chi connectivity index (χ1n) is 4.38. The molecule has 0 saturated carbocycles. The fraction of sp³-hybridized carbons (Fsp3) is 0.222. The molecule has 0 bridgehead atoms. The molecule has 2 rings (SSSR count). The maximum absolute atomic E-state index is 4.37. The van der Waals surface area contributed by atoms with Gasteiger partial charge in [-0.05, 0) is 13.8 Å². The Morgan fingerprint density at radius 2 is 2.27 bits per heavy atom. The van der Waals surface area contributed by atoms with E-state index in [2.05, 4.69) is 20.5 Å².